The predicted molar refractivity (Wildman–Crippen MR) is 225 cm³/mol. The van der Waals surface area contributed by atoms with E-state index in [0.717, 1.165) is 44.9 Å². The first-order chi connectivity index (χ1) is 28.4. The predicted octanol–water partition coefficient (Wildman–Crippen LogP) is 7.25. The standard InChI is InChI=1S/C45H42ClN5O7S/c1-23-30-20-25(46)6-14-36(30)59-40(23)33-22-37(48(3)47-33)51-42(54)32-21-31-28(39(45(32,2)44(51)56)24-5-13-34(52)35(19-24)57-4)11-12-29-38(31)43(55)50(41(29)53)27-9-7-26(8-10-27)49-15-17-58-18-16-49/h5-11,13-14,19-20,22,29,31-32,38-39,52H,12,15-18,21H2,1-4H3/t29-,31+,32-,38-,39-,45+/m0/s1. The number of anilines is 3. The number of allylic oxidation sites excluding steroid dienone is 2. The van der Waals surface area contributed by atoms with Crippen LogP contribution in [0.15, 0.2) is 78.4 Å². The quantitative estimate of drug-likeness (QED) is 0.139. The van der Waals surface area contributed by atoms with Crippen LogP contribution in [-0.4, -0.2) is 71.9 Å². The minimum absolute atomic E-state index is 0.0634. The maximum absolute atomic E-state index is 15.2. The van der Waals surface area contributed by atoms with E-state index in [0.29, 0.717) is 47.4 Å². The van der Waals surface area contributed by atoms with Crippen LogP contribution in [0.1, 0.15) is 36.8 Å². The molecule has 6 atom stereocenters. The molecule has 3 saturated heterocycles. The second-order valence-electron chi connectivity index (χ2n) is 16.4. The van der Waals surface area contributed by atoms with Gasteiger partial charge in [0.15, 0.2) is 11.5 Å². The van der Waals surface area contributed by atoms with Gasteiger partial charge in [-0.25, -0.2) is 4.90 Å². The number of ether oxygens (including phenoxy) is 2. The van der Waals surface area contributed by atoms with Crippen LogP contribution in [0.4, 0.5) is 17.2 Å². The summed E-state index contributed by atoms with van der Waals surface area (Å²) >= 11 is 7.91. The Morgan fingerprint density at radius 1 is 0.915 bits per heavy atom. The molecule has 0 bridgehead atoms. The molecule has 2 aromatic heterocycles. The van der Waals surface area contributed by atoms with Gasteiger partial charge in [0.1, 0.15) is 11.5 Å². The lowest BCUT2D eigenvalue weighted by Gasteiger charge is -2.49. The number of imide groups is 2. The minimum atomic E-state index is -1.29. The Balaban J connectivity index is 1.04. The van der Waals surface area contributed by atoms with E-state index >= 15 is 9.59 Å². The molecular weight excluding hydrogens is 790 g/mol. The van der Waals surface area contributed by atoms with Crippen LogP contribution < -0.4 is 19.4 Å². The number of halogens is 1. The lowest BCUT2D eigenvalue weighted by molar-refractivity contribution is -0.131. The van der Waals surface area contributed by atoms with Gasteiger partial charge in [-0.3, -0.25) is 28.8 Å². The summed E-state index contributed by atoms with van der Waals surface area (Å²) in [6.07, 6.45) is 2.54. The number of hydrogen-bond donors (Lipinski definition) is 1. The number of amides is 4. The van der Waals surface area contributed by atoms with Gasteiger partial charge in [-0.15, -0.1) is 11.3 Å². The Labute approximate surface area is 349 Å². The topological polar surface area (TPSA) is 135 Å². The fourth-order valence-corrected chi connectivity index (χ4v) is 11.9. The largest absolute Gasteiger partial charge is 0.504 e. The van der Waals surface area contributed by atoms with Crippen LogP contribution in [0, 0.1) is 36.0 Å². The average molecular weight is 832 g/mol. The van der Waals surface area contributed by atoms with Gasteiger partial charge in [0.2, 0.25) is 23.6 Å². The molecule has 302 valence electrons. The van der Waals surface area contributed by atoms with Crippen LogP contribution in [0.3, 0.4) is 0 Å². The third-order valence-corrected chi connectivity index (χ3v) is 15.0. The fraction of sp³-hybridized carbons (Fsp3) is 0.356. The van der Waals surface area contributed by atoms with Crippen molar-refractivity contribution in [2.75, 3.05) is 48.1 Å². The Morgan fingerprint density at radius 3 is 2.41 bits per heavy atom. The molecule has 4 fully saturated rings. The number of nitrogens with zero attached hydrogens (tertiary/aromatic N) is 5. The van der Waals surface area contributed by atoms with E-state index in [1.54, 1.807) is 41.3 Å². The number of carbonyl (C=O) groups is 4. The second kappa shape index (κ2) is 13.8. The first-order valence-corrected chi connectivity index (χ1v) is 21.1. The number of fused-ring (bicyclic) bond motifs is 5. The molecule has 12 nitrogen and oxygen atoms in total. The molecular formula is C45H42ClN5O7S. The summed E-state index contributed by atoms with van der Waals surface area (Å²) in [4.78, 5) is 64.9. The summed E-state index contributed by atoms with van der Waals surface area (Å²) in [6.45, 7) is 6.65. The summed E-state index contributed by atoms with van der Waals surface area (Å²) in [5, 5.41) is 17.1. The molecule has 2 aliphatic carbocycles. The molecule has 5 aromatic rings. The van der Waals surface area contributed by atoms with Crippen LogP contribution in [0.25, 0.3) is 20.7 Å². The molecule has 0 radical (unpaired) electrons. The normalized spacial score (nSPS) is 26.7. The lowest BCUT2D eigenvalue weighted by atomic mass is 9.51. The SMILES string of the molecule is COc1cc([C@H]2C3=CC[C@@H]4C(=O)N(c5ccc(N6CCOCC6)cc5)C(=O)[C@@H]4[C@@H]3C[C@H]3C(=O)N(c4cc(-c5sc6ccc(Cl)cc6c5C)nn4C)C(=O)[C@@]23C)ccc1O. The fourth-order valence-electron chi connectivity index (χ4n) is 10.6. The van der Waals surface area contributed by atoms with Crippen molar-refractivity contribution < 1.29 is 33.8 Å². The second-order valence-corrected chi connectivity index (χ2v) is 17.9. The number of methoxy groups -OCH3 is 1. The van der Waals surface area contributed by atoms with Crippen molar-refractivity contribution in [1.29, 1.82) is 0 Å². The van der Waals surface area contributed by atoms with E-state index in [4.69, 9.17) is 26.2 Å². The van der Waals surface area contributed by atoms with Gasteiger partial charge in [-0.1, -0.05) is 29.3 Å². The zero-order chi connectivity index (χ0) is 41.1. The molecule has 0 unspecified atom stereocenters. The molecule has 10 rings (SSSR count). The molecule has 3 aliphatic heterocycles. The number of aromatic nitrogens is 2. The molecule has 59 heavy (non-hydrogen) atoms. The van der Waals surface area contributed by atoms with Crippen molar-refractivity contribution in [2.45, 2.75) is 32.6 Å². The van der Waals surface area contributed by atoms with E-state index in [2.05, 4.69) is 4.90 Å². The highest BCUT2D eigenvalue weighted by Gasteiger charge is 2.68. The summed E-state index contributed by atoms with van der Waals surface area (Å²) in [5.41, 5.74) is 3.36. The molecule has 5 heterocycles. The highest BCUT2D eigenvalue weighted by atomic mass is 35.5. The molecule has 1 N–H and O–H groups in total. The van der Waals surface area contributed by atoms with E-state index in [1.807, 2.05) is 62.4 Å². The van der Waals surface area contributed by atoms with Crippen molar-refractivity contribution >= 4 is 73.8 Å². The van der Waals surface area contributed by atoms with Crippen molar-refractivity contribution in [3.63, 3.8) is 0 Å². The van der Waals surface area contributed by atoms with E-state index in [9.17, 15) is 14.7 Å². The summed E-state index contributed by atoms with van der Waals surface area (Å²) < 4.78 is 13.7. The maximum Gasteiger partial charge on any atom is 0.242 e. The Bertz CT molecular complexity index is 2650. The number of aromatic hydroxyl groups is 1. The molecule has 14 heteroatoms. The van der Waals surface area contributed by atoms with Gasteiger partial charge in [-0.05, 0) is 104 Å². The molecule has 3 aromatic carbocycles. The van der Waals surface area contributed by atoms with Gasteiger partial charge >= 0.3 is 0 Å². The minimum Gasteiger partial charge on any atom is -0.504 e. The number of rotatable bonds is 6. The number of carbonyl (C=O) groups excluding carboxylic acids is 4. The van der Waals surface area contributed by atoms with Crippen LogP contribution >= 0.6 is 22.9 Å². The molecule has 0 spiro atoms. The van der Waals surface area contributed by atoms with Crippen molar-refractivity contribution in [3.05, 3.63) is 94.5 Å². The van der Waals surface area contributed by atoms with Crippen LogP contribution in [-0.2, 0) is 31.0 Å². The van der Waals surface area contributed by atoms with Gasteiger partial charge in [-0.2, -0.15) is 5.10 Å². The van der Waals surface area contributed by atoms with Gasteiger partial charge in [0.05, 0.1) is 54.1 Å². The van der Waals surface area contributed by atoms with Gasteiger partial charge in [0.25, 0.3) is 0 Å². The number of benzene rings is 3. The highest BCUT2D eigenvalue weighted by Crippen LogP contribution is 2.64. The smallest absolute Gasteiger partial charge is 0.242 e. The third kappa shape index (κ3) is 5.54. The van der Waals surface area contributed by atoms with E-state index in [1.165, 1.54) is 23.0 Å². The Morgan fingerprint density at radius 2 is 1.66 bits per heavy atom. The van der Waals surface area contributed by atoms with Gasteiger partial charge < -0.3 is 19.5 Å². The Hall–Kier alpha value is -5.50. The number of hydrogen-bond acceptors (Lipinski definition) is 10. The third-order valence-electron chi connectivity index (χ3n) is 13.5. The number of phenols is 1. The Kier molecular flexibility index (Phi) is 8.82. The van der Waals surface area contributed by atoms with Crippen LogP contribution in [0.5, 0.6) is 11.5 Å². The molecule has 4 amide bonds. The number of aryl methyl sites for hydroxylation is 2. The number of morpholine rings is 1. The average Bonchev–Trinajstić information content (AvgIpc) is 3.91. The highest BCUT2D eigenvalue weighted by molar-refractivity contribution is 7.22. The number of thiophene rings is 1. The first-order valence-electron chi connectivity index (χ1n) is 19.9. The summed E-state index contributed by atoms with van der Waals surface area (Å²) in [6, 6.07) is 20.1. The van der Waals surface area contributed by atoms with E-state index < -0.39 is 35.0 Å². The van der Waals surface area contributed by atoms with E-state index in [-0.39, 0.29) is 41.5 Å². The number of phenolic OH excluding ortho intramolecular Hbond substituents is 1. The zero-order valence-electron chi connectivity index (χ0n) is 33.0. The zero-order valence-corrected chi connectivity index (χ0v) is 34.5. The first kappa shape index (κ1) is 37.7. The monoisotopic (exact) mass is 831 g/mol. The van der Waals surface area contributed by atoms with Crippen molar-refractivity contribution in [1.82, 2.24) is 9.78 Å². The van der Waals surface area contributed by atoms with Gasteiger partial charge in [0, 0.05) is 47.5 Å². The maximum atomic E-state index is 15.2. The van der Waals surface area contributed by atoms with Crippen molar-refractivity contribution in [3.8, 4) is 22.1 Å². The lowest BCUT2D eigenvalue weighted by Crippen LogP contribution is -2.48. The van der Waals surface area contributed by atoms with Crippen LogP contribution in [0.2, 0.25) is 5.02 Å². The molecule has 5 aliphatic rings. The molecule has 1 saturated carbocycles. The summed E-state index contributed by atoms with van der Waals surface area (Å²) in [7, 11) is 3.19. The van der Waals surface area contributed by atoms with Crippen molar-refractivity contribution in [2.24, 2.45) is 36.1 Å². The summed E-state index contributed by atoms with van der Waals surface area (Å²) in [5.74, 6) is -4.16.